The second kappa shape index (κ2) is 7.88. The van der Waals surface area contributed by atoms with Crippen molar-refractivity contribution in [1.29, 1.82) is 0 Å². The molecule has 3 atom stereocenters. The smallest absolute Gasteiger partial charge is 0.0344 e. The van der Waals surface area contributed by atoms with Crippen LogP contribution in [0.25, 0.3) is 0 Å². The van der Waals surface area contributed by atoms with Gasteiger partial charge in [0.05, 0.1) is 0 Å². The van der Waals surface area contributed by atoms with Gasteiger partial charge in [0.15, 0.2) is 0 Å². The van der Waals surface area contributed by atoms with E-state index in [1.165, 1.54) is 51.6 Å². The molecule has 1 aliphatic heterocycles. The third kappa shape index (κ3) is 3.91. The molecule has 2 aliphatic carbocycles. The number of benzene rings is 1. The summed E-state index contributed by atoms with van der Waals surface area (Å²) in [5.74, 6) is 0.605. The van der Waals surface area contributed by atoms with Gasteiger partial charge in [-0.25, -0.2) is 0 Å². The predicted molar refractivity (Wildman–Crippen MR) is 106 cm³/mol. The number of nitrogens with zero attached hydrogens (tertiary/aromatic N) is 1. The lowest BCUT2D eigenvalue weighted by Gasteiger charge is -2.39. The van der Waals surface area contributed by atoms with Crippen LogP contribution in [0.1, 0.15) is 43.7 Å². The monoisotopic (exact) mass is 336 g/mol. The Hall–Kier alpha value is -1.38. The van der Waals surface area contributed by atoms with E-state index in [-0.39, 0.29) is 0 Å². The second-order valence-corrected chi connectivity index (χ2v) is 8.12. The first-order chi connectivity index (χ1) is 12.3. The maximum absolute atomic E-state index is 3.74. The lowest BCUT2D eigenvalue weighted by Crippen LogP contribution is -2.48. The summed E-state index contributed by atoms with van der Waals surface area (Å²) in [4.78, 5) is 2.82. The molecule has 25 heavy (non-hydrogen) atoms. The van der Waals surface area contributed by atoms with Gasteiger partial charge in [0.1, 0.15) is 0 Å². The van der Waals surface area contributed by atoms with Crippen molar-refractivity contribution in [3.63, 3.8) is 0 Å². The Morgan fingerprint density at radius 3 is 2.48 bits per heavy atom. The van der Waals surface area contributed by atoms with Gasteiger partial charge in [0.2, 0.25) is 0 Å². The zero-order valence-electron chi connectivity index (χ0n) is 15.5. The van der Waals surface area contributed by atoms with Gasteiger partial charge in [0.25, 0.3) is 0 Å². The number of fused-ring (bicyclic) bond motifs is 1. The van der Waals surface area contributed by atoms with Crippen molar-refractivity contribution in [3.05, 3.63) is 59.7 Å². The number of hydrogen-bond donors (Lipinski definition) is 1. The summed E-state index contributed by atoms with van der Waals surface area (Å²) >= 11 is 0. The highest BCUT2D eigenvalue weighted by molar-refractivity contribution is 5.34. The van der Waals surface area contributed by atoms with E-state index < -0.39 is 0 Å². The molecule has 3 unspecified atom stereocenters. The molecule has 3 aliphatic rings. The molecule has 0 bridgehead atoms. The summed E-state index contributed by atoms with van der Waals surface area (Å²) in [6.07, 6.45) is 17.1. The minimum Gasteiger partial charge on any atom is -0.314 e. The first-order valence-electron chi connectivity index (χ1n) is 10.2. The Labute approximate surface area is 153 Å². The van der Waals surface area contributed by atoms with Crippen LogP contribution in [0.5, 0.6) is 0 Å². The van der Waals surface area contributed by atoms with Crippen molar-refractivity contribution in [2.24, 2.45) is 5.92 Å². The quantitative estimate of drug-likeness (QED) is 0.870. The van der Waals surface area contributed by atoms with Crippen LogP contribution in [0.2, 0.25) is 0 Å². The highest BCUT2D eigenvalue weighted by atomic mass is 15.2. The molecule has 0 saturated carbocycles. The van der Waals surface area contributed by atoms with E-state index in [1.807, 2.05) is 0 Å². The minimum absolute atomic E-state index is 0.549. The van der Waals surface area contributed by atoms with E-state index in [1.54, 1.807) is 11.1 Å². The molecule has 1 N–H and O–H groups in total. The Morgan fingerprint density at radius 2 is 1.80 bits per heavy atom. The Bertz CT molecular complexity index is 602. The van der Waals surface area contributed by atoms with Crippen LogP contribution >= 0.6 is 0 Å². The molecule has 1 fully saturated rings. The number of allylic oxidation sites excluding steroid dienone is 2. The molecular formula is C23H32N2. The third-order valence-corrected chi connectivity index (χ3v) is 6.40. The topological polar surface area (TPSA) is 15.3 Å². The lowest BCUT2D eigenvalue weighted by atomic mass is 9.92. The summed E-state index contributed by atoms with van der Waals surface area (Å²) in [5, 5.41) is 3.74. The summed E-state index contributed by atoms with van der Waals surface area (Å²) in [6, 6.07) is 11.0. The summed E-state index contributed by atoms with van der Waals surface area (Å²) in [7, 11) is 0. The fourth-order valence-electron chi connectivity index (χ4n) is 4.94. The number of rotatable bonds is 5. The van der Waals surface area contributed by atoms with Gasteiger partial charge in [-0.3, -0.25) is 4.90 Å². The molecule has 2 heteroatoms. The maximum Gasteiger partial charge on any atom is 0.0344 e. The van der Waals surface area contributed by atoms with Crippen LogP contribution in [0.15, 0.2) is 48.6 Å². The molecule has 4 rings (SSSR count). The van der Waals surface area contributed by atoms with E-state index in [0.29, 0.717) is 18.0 Å². The molecule has 1 saturated heterocycles. The molecule has 1 aromatic rings. The molecule has 0 amide bonds. The average Bonchev–Trinajstić information content (AvgIpc) is 3.08. The summed E-state index contributed by atoms with van der Waals surface area (Å²) < 4.78 is 0. The van der Waals surface area contributed by atoms with E-state index >= 15 is 0 Å². The van der Waals surface area contributed by atoms with Gasteiger partial charge in [-0.15, -0.1) is 0 Å². The van der Waals surface area contributed by atoms with Crippen molar-refractivity contribution < 1.29 is 0 Å². The lowest BCUT2D eigenvalue weighted by molar-refractivity contribution is 0.131. The van der Waals surface area contributed by atoms with Crippen molar-refractivity contribution in [2.75, 3.05) is 13.1 Å². The maximum atomic E-state index is 3.74. The van der Waals surface area contributed by atoms with Gasteiger partial charge in [-0.2, -0.15) is 0 Å². The van der Waals surface area contributed by atoms with Gasteiger partial charge in [0, 0.05) is 24.7 Å². The van der Waals surface area contributed by atoms with Crippen LogP contribution in [0, 0.1) is 5.92 Å². The summed E-state index contributed by atoms with van der Waals surface area (Å²) in [6.45, 7) is 4.80. The SMILES string of the molecule is CC1C=CC=CC1N(CCC1CCCCN1)C1Cc2ccccc2C1. The van der Waals surface area contributed by atoms with E-state index in [9.17, 15) is 0 Å². The van der Waals surface area contributed by atoms with Crippen molar-refractivity contribution in [3.8, 4) is 0 Å². The number of hydrogen-bond acceptors (Lipinski definition) is 2. The predicted octanol–water partition coefficient (Wildman–Crippen LogP) is 4.12. The van der Waals surface area contributed by atoms with Crippen LogP contribution < -0.4 is 5.32 Å². The van der Waals surface area contributed by atoms with Crippen molar-refractivity contribution >= 4 is 0 Å². The fraction of sp³-hybridized carbons (Fsp3) is 0.565. The molecule has 2 nitrogen and oxygen atoms in total. The highest BCUT2D eigenvalue weighted by Crippen LogP contribution is 2.30. The molecule has 0 aromatic heterocycles. The standard InChI is InChI=1S/C23H32N2/c1-18-8-2-5-12-23(18)25(15-13-21-11-6-7-14-24-21)22-16-19-9-3-4-10-20(19)17-22/h2-5,8-10,12,18,21-24H,6-7,11,13-17H2,1H3. The van der Waals surface area contributed by atoms with Crippen molar-refractivity contribution in [1.82, 2.24) is 10.2 Å². The Kier molecular flexibility index (Phi) is 5.38. The normalized spacial score (nSPS) is 29.3. The zero-order chi connectivity index (χ0) is 17.1. The molecule has 1 aromatic carbocycles. The first kappa shape index (κ1) is 17.1. The largest absolute Gasteiger partial charge is 0.314 e. The summed E-state index contributed by atoms with van der Waals surface area (Å²) in [5.41, 5.74) is 3.13. The average molecular weight is 337 g/mol. The van der Waals surface area contributed by atoms with Crippen LogP contribution in [-0.2, 0) is 12.8 Å². The molecule has 0 spiro atoms. The van der Waals surface area contributed by atoms with Gasteiger partial charge in [-0.1, -0.05) is 61.9 Å². The first-order valence-corrected chi connectivity index (χ1v) is 10.2. The minimum atomic E-state index is 0.549. The molecular weight excluding hydrogens is 304 g/mol. The second-order valence-electron chi connectivity index (χ2n) is 8.12. The fourth-order valence-corrected chi connectivity index (χ4v) is 4.94. The van der Waals surface area contributed by atoms with Crippen molar-refractivity contribution in [2.45, 2.75) is 63.6 Å². The van der Waals surface area contributed by atoms with Crippen LogP contribution in [-0.4, -0.2) is 36.1 Å². The zero-order valence-corrected chi connectivity index (χ0v) is 15.5. The molecule has 134 valence electrons. The van der Waals surface area contributed by atoms with E-state index in [0.717, 1.165) is 6.04 Å². The Morgan fingerprint density at radius 1 is 1.04 bits per heavy atom. The van der Waals surface area contributed by atoms with Gasteiger partial charge in [-0.05, 0) is 55.7 Å². The van der Waals surface area contributed by atoms with Gasteiger partial charge < -0.3 is 5.32 Å². The molecule has 1 heterocycles. The van der Waals surface area contributed by atoms with E-state index in [4.69, 9.17) is 0 Å². The van der Waals surface area contributed by atoms with Gasteiger partial charge >= 0.3 is 0 Å². The highest BCUT2D eigenvalue weighted by Gasteiger charge is 2.32. The number of nitrogens with one attached hydrogen (secondary N) is 1. The van der Waals surface area contributed by atoms with E-state index in [2.05, 4.69) is 65.7 Å². The third-order valence-electron chi connectivity index (χ3n) is 6.40. The van der Waals surface area contributed by atoms with Crippen LogP contribution in [0.3, 0.4) is 0 Å². The van der Waals surface area contributed by atoms with Crippen LogP contribution in [0.4, 0.5) is 0 Å². The molecule has 0 radical (unpaired) electrons. The number of piperidine rings is 1. The Balaban J connectivity index is 1.48.